The Balaban J connectivity index is 1.50. The van der Waals surface area contributed by atoms with Crippen LogP contribution in [0.15, 0.2) is 47.3 Å². The lowest BCUT2D eigenvalue weighted by Crippen LogP contribution is -2.27. The maximum absolute atomic E-state index is 13.4. The molecule has 214 valence electrons. The molecule has 0 aromatic heterocycles. The number of nitrogens with one attached hydrogen (secondary N) is 3. The number of amides is 2. The predicted molar refractivity (Wildman–Crippen MR) is 152 cm³/mol. The summed E-state index contributed by atoms with van der Waals surface area (Å²) in [6, 6.07) is 11.5. The summed E-state index contributed by atoms with van der Waals surface area (Å²) in [5, 5.41) is 8.71. The van der Waals surface area contributed by atoms with E-state index < -0.39 is 6.04 Å². The van der Waals surface area contributed by atoms with E-state index in [0.29, 0.717) is 58.4 Å². The van der Waals surface area contributed by atoms with Crippen molar-refractivity contribution in [2.45, 2.75) is 25.8 Å². The lowest BCUT2D eigenvalue weighted by Gasteiger charge is -2.19. The Morgan fingerprint density at radius 1 is 0.951 bits per heavy atom. The highest BCUT2D eigenvalue weighted by molar-refractivity contribution is 5.94. The van der Waals surface area contributed by atoms with Crippen molar-refractivity contribution in [3.8, 4) is 39.9 Å². The molecule has 0 fully saturated rings. The summed E-state index contributed by atoms with van der Waals surface area (Å²) in [5.41, 5.74) is 3.43. The molecule has 11 nitrogen and oxygen atoms in total. The summed E-state index contributed by atoms with van der Waals surface area (Å²) in [6.45, 7) is 1.42. The van der Waals surface area contributed by atoms with E-state index >= 15 is 0 Å². The molecule has 1 unspecified atom stereocenters. The molecule has 5 rings (SSSR count). The van der Waals surface area contributed by atoms with Crippen LogP contribution in [0.5, 0.6) is 28.7 Å². The molecule has 11 heteroatoms. The SMILES string of the molecule is COc1cc2c(c(OC)c1OC)-c1ccc(NCC(=O)Nc3ccc4c(c3)OCO4)c(=O)cc1C(NC(C)=O)CC2. The fraction of sp³-hybridized carbons (Fsp3) is 0.300. The first-order chi connectivity index (χ1) is 19.8. The molecule has 3 N–H and O–H groups in total. The summed E-state index contributed by atoms with van der Waals surface area (Å²) >= 11 is 0. The van der Waals surface area contributed by atoms with Gasteiger partial charge in [-0.15, -0.1) is 0 Å². The smallest absolute Gasteiger partial charge is 0.243 e. The van der Waals surface area contributed by atoms with E-state index in [1.54, 1.807) is 44.6 Å². The molecule has 0 saturated heterocycles. The molecule has 1 aliphatic carbocycles. The quantitative estimate of drug-likeness (QED) is 0.377. The van der Waals surface area contributed by atoms with Gasteiger partial charge in [-0.25, -0.2) is 0 Å². The molecule has 3 aromatic carbocycles. The molecule has 1 heterocycles. The Kier molecular flexibility index (Phi) is 7.86. The van der Waals surface area contributed by atoms with Crippen molar-refractivity contribution in [1.82, 2.24) is 5.32 Å². The molecular weight excluding hydrogens is 530 g/mol. The van der Waals surface area contributed by atoms with Gasteiger partial charge in [0, 0.05) is 24.2 Å². The average molecular weight is 562 g/mol. The van der Waals surface area contributed by atoms with Gasteiger partial charge in [-0.2, -0.15) is 0 Å². The molecule has 0 spiro atoms. The molecule has 1 atom stereocenters. The summed E-state index contributed by atoms with van der Waals surface area (Å²) < 4.78 is 27.6. The number of ether oxygens (including phenoxy) is 5. The van der Waals surface area contributed by atoms with Crippen molar-refractivity contribution >= 4 is 23.2 Å². The zero-order valence-corrected chi connectivity index (χ0v) is 23.2. The first-order valence-electron chi connectivity index (χ1n) is 13.0. The molecule has 2 aliphatic rings. The fourth-order valence-electron chi connectivity index (χ4n) is 5.21. The van der Waals surface area contributed by atoms with Gasteiger partial charge in [-0.3, -0.25) is 14.4 Å². The third-order valence-corrected chi connectivity index (χ3v) is 7.01. The van der Waals surface area contributed by atoms with Crippen LogP contribution in [-0.4, -0.2) is 46.5 Å². The standard InChI is InChI=1S/C30H31N3O8/c1-16(34)32-21-8-5-17-11-26(37-2)29(38-3)30(39-4)28(17)19-7-9-22(23(35)13-20(19)21)31-14-27(36)33-18-6-10-24-25(12-18)41-15-40-24/h6-7,9-13,21H,5,8,14-15H2,1-4H3,(H,31,35)(H,32,34)(H,33,36). The highest BCUT2D eigenvalue weighted by Crippen LogP contribution is 2.50. The van der Waals surface area contributed by atoms with Gasteiger partial charge in [-0.05, 0) is 59.9 Å². The largest absolute Gasteiger partial charge is 0.493 e. The molecular formula is C30H31N3O8. The number of hydrogen-bond acceptors (Lipinski definition) is 9. The molecule has 0 saturated carbocycles. The lowest BCUT2D eigenvalue weighted by molar-refractivity contribution is -0.119. The van der Waals surface area contributed by atoms with E-state index in [9.17, 15) is 14.4 Å². The number of carbonyl (C=O) groups excluding carboxylic acids is 2. The highest BCUT2D eigenvalue weighted by atomic mass is 16.7. The van der Waals surface area contributed by atoms with Crippen molar-refractivity contribution in [3.63, 3.8) is 0 Å². The predicted octanol–water partition coefficient (Wildman–Crippen LogP) is 3.64. The summed E-state index contributed by atoms with van der Waals surface area (Å²) in [6.07, 6.45) is 1.14. The van der Waals surface area contributed by atoms with Gasteiger partial charge < -0.3 is 39.6 Å². The second-order valence-electron chi connectivity index (χ2n) is 9.57. The van der Waals surface area contributed by atoms with E-state index in [1.165, 1.54) is 20.1 Å². The number of methoxy groups -OCH3 is 3. The van der Waals surface area contributed by atoms with Gasteiger partial charge in [0.05, 0.1) is 39.6 Å². The van der Waals surface area contributed by atoms with Crippen LogP contribution in [0.25, 0.3) is 11.1 Å². The Bertz CT molecular complexity index is 1570. The minimum atomic E-state index is -0.432. The Hall–Kier alpha value is -4.93. The Morgan fingerprint density at radius 3 is 2.46 bits per heavy atom. The van der Waals surface area contributed by atoms with Gasteiger partial charge in [0.15, 0.2) is 23.0 Å². The third-order valence-electron chi connectivity index (χ3n) is 7.01. The van der Waals surface area contributed by atoms with Crippen molar-refractivity contribution in [2.24, 2.45) is 0 Å². The second-order valence-corrected chi connectivity index (χ2v) is 9.57. The summed E-state index contributed by atoms with van der Waals surface area (Å²) in [5.74, 6) is 1.99. The zero-order valence-electron chi connectivity index (χ0n) is 23.2. The highest BCUT2D eigenvalue weighted by Gasteiger charge is 2.29. The number of rotatable bonds is 8. The van der Waals surface area contributed by atoms with Crippen LogP contribution < -0.4 is 45.1 Å². The minimum absolute atomic E-state index is 0.134. The van der Waals surface area contributed by atoms with Crippen LogP contribution in [0.1, 0.15) is 30.5 Å². The van der Waals surface area contributed by atoms with Crippen LogP contribution in [0, 0.1) is 0 Å². The number of benzene rings is 2. The van der Waals surface area contributed by atoms with E-state index in [1.807, 2.05) is 6.07 Å². The van der Waals surface area contributed by atoms with Crippen LogP contribution in [-0.2, 0) is 16.0 Å². The van der Waals surface area contributed by atoms with Crippen LogP contribution >= 0.6 is 0 Å². The average Bonchev–Trinajstić information content (AvgIpc) is 3.30. The molecule has 0 bridgehead atoms. The molecule has 3 aromatic rings. The normalized spacial score (nSPS) is 14.6. The molecule has 2 amide bonds. The Labute approximate surface area is 236 Å². The first kappa shape index (κ1) is 27.6. The van der Waals surface area contributed by atoms with E-state index in [4.69, 9.17) is 23.7 Å². The zero-order chi connectivity index (χ0) is 29.1. The fourth-order valence-corrected chi connectivity index (χ4v) is 5.21. The van der Waals surface area contributed by atoms with Crippen molar-refractivity contribution in [3.05, 3.63) is 63.8 Å². The van der Waals surface area contributed by atoms with Crippen molar-refractivity contribution < 1.29 is 33.3 Å². The van der Waals surface area contributed by atoms with Crippen molar-refractivity contribution in [2.75, 3.05) is 45.3 Å². The number of anilines is 2. The van der Waals surface area contributed by atoms with Gasteiger partial charge in [0.2, 0.25) is 29.8 Å². The second kappa shape index (κ2) is 11.7. The topological polar surface area (TPSA) is 133 Å². The van der Waals surface area contributed by atoms with E-state index in [0.717, 1.165) is 11.1 Å². The number of aryl methyl sites for hydroxylation is 1. The summed E-state index contributed by atoms with van der Waals surface area (Å²) in [4.78, 5) is 38.2. The summed E-state index contributed by atoms with van der Waals surface area (Å²) in [7, 11) is 4.63. The van der Waals surface area contributed by atoms with E-state index in [-0.39, 0.29) is 36.3 Å². The monoisotopic (exact) mass is 561 g/mol. The van der Waals surface area contributed by atoms with Crippen LogP contribution in [0.3, 0.4) is 0 Å². The number of fused-ring (bicyclic) bond motifs is 4. The third kappa shape index (κ3) is 5.56. The number of carbonyl (C=O) groups is 2. The maximum Gasteiger partial charge on any atom is 0.243 e. The first-order valence-corrected chi connectivity index (χ1v) is 13.0. The lowest BCUT2D eigenvalue weighted by atomic mass is 9.95. The van der Waals surface area contributed by atoms with Crippen LogP contribution in [0.4, 0.5) is 11.4 Å². The van der Waals surface area contributed by atoms with Gasteiger partial charge in [0.25, 0.3) is 0 Å². The minimum Gasteiger partial charge on any atom is -0.493 e. The van der Waals surface area contributed by atoms with Gasteiger partial charge in [0.1, 0.15) is 0 Å². The Morgan fingerprint density at radius 2 is 1.73 bits per heavy atom. The molecule has 41 heavy (non-hydrogen) atoms. The maximum atomic E-state index is 13.4. The number of hydrogen-bond donors (Lipinski definition) is 3. The molecule has 0 radical (unpaired) electrons. The molecule has 1 aliphatic heterocycles. The van der Waals surface area contributed by atoms with E-state index in [2.05, 4.69) is 16.0 Å². The van der Waals surface area contributed by atoms with Gasteiger partial charge >= 0.3 is 0 Å². The van der Waals surface area contributed by atoms with Crippen LogP contribution in [0.2, 0.25) is 0 Å². The van der Waals surface area contributed by atoms with Gasteiger partial charge in [-0.1, -0.05) is 6.07 Å². The van der Waals surface area contributed by atoms with Crippen molar-refractivity contribution in [1.29, 1.82) is 0 Å².